The number of anilines is 1. The molecule has 0 saturated heterocycles. The molecular formula is C17H16N2O. The van der Waals surface area contributed by atoms with E-state index in [1.165, 1.54) is 0 Å². The molecule has 0 bridgehead atoms. The van der Waals surface area contributed by atoms with Gasteiger partial charge in [-0.3, -0.25) is 4.98 Å². The molecule has 0 radical (unpaired) electrons. The second-order valence-electron chi connectivity index (χ2n) is 4.65. The lowest BCUT2D eigenvalue weighted by atomic mass is 10.1. The van der Waals surface area contributed by atoms with Gasteiger partial charge in [0.05, 0.1) is 5.52 Å². The number of nitrogens with two attached hydrogens (primary N) is 1. The normalized spacial score (nSPS) is 10.7. The summed E-state index contributed by atoms with van der Waals surface area (Å²) in [6.45, 7) is 2.07. The molecule has 0 amide bonds. The van der Waals surface area contributed by atoms with Gasteiger partial charge in [-0.15, -0.1) is 0 Å². The maximum Gasteiger partial charge on any atom is 0.128 e. The highest BCUT2D eigenvalue weighted by Crippen LogP contribution is 2.28. The number of benzene rings is 2. The summed E-state index contributed by atoms with van der Waals surface area (Å²) in [6.07, 6.45) is 0.877. The summed E-state index contributed by atoms with van der Waals surface area (Å²) >= 11 is 0. The van der Waals surface area contributed by atoms with E-state index in [2.05, 4.69) is 11.9 Å². The zero-order chi connectivity index (χ0) is 13.9. The van der Waals surface area contributed by atoms with Crippen molar-refractivity contribution in [2.24, 2.45) is 0 Å². The number of fused-ring (bicyclic) bond motifs is 1. The molecule has 3 rings (SSSR count). The van der Waals surface area contributed by atoms with Crippen LogP contribution in [0.4, 0.5) is 5.69 Å². The van der Waals surface area contributed by atoms with Gasteiger partial charge in [-0.1, -0.05) is 25.1 Å². The summed E-state index contributed by atoms with van der Waals surface area (Å²) < 4.78 is 5.81. The molecule has 0 atom stereocenters. The fourth-order valence-corrected chi connectivity index (χ4v) is 2.16. The van der Waals surface area contributed by atoms with Crippen LogP contribution in [0.2, 0.25) is 0 Å². The van der Waals surface area contributed by atoms with Crippen LogP contribution in [-0.4, -0.2) is 4.98 Å². The van der Waals surface area contributed by atoms with Crippen molar-refractivity contribution >= 4 is 16.6 Å². The Morgan fingerprint density at radius 2 is 1.80 bits per heavy atom. The van der Waals surface area contributed by atoms with Crippen molar-refractivity contribution in [3.05, 3.63) is 60.3 Å². The monoisotopic (exact) mass is 264 g/mol. The number of para-hydroxylation sites is 1. The number of hydrogen-bond donors (Lipinski definition) is 1. The Hall–Kier alpha value is -2.55. The van der Waals surface area contributed by atoms with E-state index in [4.69, 9.17) is 10.5 Å². The third-order valence-electron chi connectivity index (χ3n) is 3.21. The van der Waals surface area contributed by atoms with Gasteiger partial charge in [0, 0.05) is 16.8 Å². The second-order valence-corrected chi connectivity index (χ2v) is 4.65. The van der Waals surface area contributed by atoms with Crippen molar-refractivity contribution in [2.75, 3.05) is 5.73 Å². The van der Waals surface area contributed by atoms with Gasteiger partial charge in [0.15, 0.2) is 0 Å². The van der Waals surface area contributed by atoms with Gasteiger partial charge < -0.3 is 10.5 Å². The summed E-state index contributed by atoms with van der Waals surface area (Å²) in [5.41, 5.74) is 8.75. The van der Waals surface area contributed by atoms with E-state index in [0.717, 1.165) is 40.2 Å². The smallest absolute Gasteiger partial charge is 0.128 e. The largest absolute Gasteiger partial charge is 0.457 e. The maximum absolute atomic E-state index is 6.10. The first kappa shape index (κ1) is 12.5. The molecular weight excluding hydrogens is 248 g/mol. The number of hydrogen-bond acceptors (Lipinski definition) is 3. The highest BCUT2D eigenvalue weighted by Gasteiger charge is 2.05. The van der Waals surface area contributed by atoms with Gasteiger partial charge in [-0.05, 0) is 42.8 Å². The Labute approximate surface area is 118 Å². The highest BCUT2D eigenvalue weighted by molar-refractivity contribution is 5.91. The quantitative estimate of drug-likeness (QED) is 0.772. The van der Waals surface area contributed by atoms with E-state index in [1.807, 2.05) is 54.6 Å². The summed E-state index contributed by atoms with van der Waals surface area (Å²) in [7, 11) is 0. The molecule has 0 aliphatic heterocycles. The van der Waals surface area contributed by atoms with Crippen molar-refractivity contribution in [2.45, 2.75) is 13.3 Å². The second kappa shape index (κ2) is 5.21. The van der Waals surface area contributed by atoms with Gasteiger partial charge in [0.25, 0.3) is 0 Å². The van der Waals surface area contributed by atoms with Crippen LogP contribution in [0.3, 0.4) is 0 Å². The number of rotatable bonds is 3. The fourth-order valence-electron chi connectivity index (χ4n) is 2.16. The van der Waals surface area contributed by atoms with Crippen molar-refractivity contribution in [1.29, 1.82) is 0 Å². The van der Waals surface area contributed by atoms with Crippen molar-refractivity contribution < 1.29 is 4.74 Å². The lowest BCUT2D eigenvalue weighted by Crippen LogP contribution is -1.95. The van der Waals surface area contributed by atoms with Crippen molar-refractivity contribution in [3.8, 4) is 11.5 Å². The molecule has 1 aromatic heterocycles. The van der Waals surface area contributed by atoms with E-state index in [9.17, 15) is 0 Å². The van der Waals surface area contributed by atoms with Crippen LogP contribution in [0.15, 0.2) is 54.6 Å². The van der Waals surface area contributed by atoms with Gasteiger partial charge in [0.1, 0.15) is 11.5 Å². The molecule has 20 heavy (non-hydrogen) atoms. The Bertz CT molecular complexity index is 739. The van der Waals surface area contributed by atoms with Crippen LogP contribution >= 0.6 is 0 Å². The fraction of sp³-hybridized carbons (Fsp3) is 0.118. The van der Waals surface area contributed by atoms with E-state index >= 15 is 0 Å². The van der Waals surface area contributed by atoms with Gasteiger partial charge in [-0.25, -0.2) is 0 Å². The molecule has 3 heteroatoms. The molecule has 2 aromatic carbocycles. The minimum absolute atomic E-state index is 0.741. The predicted octanol–water partition coefficient (Wildman–Crippen LogP) is 4.17. The average molecular weight is 264 g/mol. The molecule has 1 heterocycles. The van der Waals surface area contributed by atoms with Crippen LogP contribution in [0.1, 0.15) is 12.6 Å². The lowest BCUT2D eigenvalue weighted by Gasteiger charge is -2.09. The van der Waals surface area contributed by atoms with Crippen LogP contribution < -0.4 is 10.5 Å². The Balaban J connectivity index is 2.00. The number of ether oxygens (including phenoxy) is 1. The van der Waals surface area contributed by atoms with E-state index in [0.29, 0.717) is 0 Å². The zero-order valence-corrected chi connectivity index (χ0v) is 11.3. The molecule has 2 N–H and O–H groups in total. The molecule has 3 nitrogen and oxygen atoms in total. The Morgan fingerprint density at radius 3 is 2.55 bits per heavy atom. The SMILES string of the molecule is CCc1cc(N)c2cc(Oc3ccccc3)ccc2n1. The Kier molecular flexibility index (Phi) is 3.25. The van der Waals surface area contributed by atoms with Crippen molar-refractivity contribution in [3.63, 3.8) is 0 Å². The number of nitrogens with zero attached hydrogens (tertiary/aromatic N) is 1. The van der Waals surface area contributed by atoms with E-state index in [-0.39, 0.29) is 0 Å². The Morgan fingerprint density at radius 1 is 1.00 bits per heavy atom. The summed E-state index contributed by atoms with van der Waals surface area (Å²) in [5.74, 6) is 1.57. The third-order valence-corrected chi connectivity index (χ3v) is 3.21. The van der Waals surface area contributed by atoms with Crippen LogP contribution in [0.5, 0.6) is 11.5 Å². The molecule has 0 saturated carbocycles. The number of aryl methyl sites for hydroxylation is 1. The third kappa shape index (κ3) is 2.43. The molecule has 0 aliphatic rings. The van der Waals surface area contributed by atoms with Gasteiger partial charge in [0.2, 0.25) is 0 Å². The summed E-state index contributed by atoms with van der Waals surface area (Å²) in [6, 6.07) is 17.4. The van der Waals surface area contributed by atoms with Gasteiger partial charge in [-0.2, -0.15) is 0 Å². The summed E-state index contributed by atoms with van der Waals surface area (Å²) in [4.78, 5) is 4.57. The van der Waals surface area contributed by atoms with Crippen LogP contribution in [0.25, 0.3) is 10.9 Å². The molecule has 0 fully saturated rings. The topological polar surface area (TPSA) is 48.1 Å². The minimum Gasteiger partial charge on any atom is -0.457 e. The molecule has 0 spiro atoms. The first-order valence-corrected chi connectivity index (χ1v) is 6.68. The average Bonchev–Trinajstić information content (AvgIpc) is 2.48. The lowest BCUT2D eigenvalue weighted by molar-refractivity contribution is 0.483. The highest BCUT2D eigenvalue weighted by atomic mass is 16.5. The molecule has 100 valence electrons. The molecule has 0 unspecified atom stereocenters. The zero-order valence-electron chi connectivity index (χ0n) is 11.3. The van der Waals surface area contributed by atoms with Crippen molar-refractivity contribution in [1.82, 2.24) is 4.98 Å². The van der Waals surface area contributed by atoms with E-state index in [1.54, 1.807) is 0 Å². The van der Waals surface area contributed by atoms with Gasteiger partial charge >= 0.3 is 0 Å². The minimum atomic E-state index is 0.741. The maximum atomic E-state index is 6.10. The predicted molar refractivity (Wildman–Crippen MR) is 82.0 cm³/mol. The first-order chi connectivity index (χ1) is 9.76. The summed E-state index contributed by atoms with van der Waals surface area (Å²) in [5, 5.41) is 0.927. The molecule has 0 aliphatic carbocycles. The van der Waals surface area contributed by atoms with E-state index < -0.39 is 0 Å². The number of nitrogen functional groups attached to an aromatic ring is 1. The standard InChI is InChI=1S/C17H16N2O/c1-2-12-10-16(18)15-11-14(8-9-17(15)19-12)20-13-6-4-3-5-7-13/h3-11H,2H2,1H3,(H2,18,19). The number of aromatic nitrogens is 1. The number of pyridine rings is 1. The first-order valence-electron chi connectivity index (χ1n) is 6.68. The van der Waals surface area contributed by atoms with Crippen LogP contribution in [-0.2, 0) is 6.42 Å². The molecule has 3 aromatic rings. The van der Waals surface area contributed by atoms with Crippen LogP contribution in [0, 0.1) is 0 Å².